The van der Waals surface area contributed by atoms with Crippen molar-refractivity contribution in [1.82, 2.24) is 4.98 Å². The highest BCUT2D eigenvalue weighted by Gasteiger charge is 2.32. The predicted octanol–water partition coefficient (Wildman–Crippen LogP) is 2.63. The highest BCUT2D eigenvalue weighted by Crippen LogP contribution is 2.29. The molecule has 0 aliphatic rings. The van der Waals surface area contributed by atoms with Gasteiger partial charge in [-0.2, -0.15) is 13.2 Å². The molecule has 0 aliphatic carbocycles. The second kappa shape index (κ2) is 5.52. The van der Waals surface area contributed by atoms with Crippen molar-refractivity contribution in [2.75, 3.05) is 11.9 Å². The number of nitrogens with one attached hydrogen (secondary N) is 1. The van der Waals surface area contributed by atoms with Gasteiger partial charge in [-0.25, -0.2) is 9.78 Å². The van der Waals surface area contributed by atoms with E-state index in [1.165, 1.54) is 12.1 Å². The first-order valence-corrected chi connectivity index (χ1v) is 5.07. The molecule has 0 fully saturated rings. The highest BCUT2D eigenvalue weighted by atomic mass is 19.4. The molecule has 1 rings (SSSR count). The zero-order chi connectivity index (χ0) is 13.8. The Morgan fingerprint density at radius 3 is 2.67 bits per heavy atom. The molecular formula is C11H11F3N2O2. The first kappa shape index (κ1) is 14.0. The number of anilines is 1. The van der Waals surface area contributed by atoms with Crippen LogP contribution in [-0.2, 0) is 11.0 Å². The Morgan fingerprint density at radius 2 is 2.17 bits per heavy atom. The number of rotatable bonds is 4. The molecule has 4 nitrogen and oxygen atoms in total. The van der Waals surface area contributed by atoms with Crippen LogP contribution in [0.25, 0.3) is 6.08 Å². The van der Waals surface area contributed by atoms with E-state index in [2.05, 4.69) is 10.3 Å². The Kier molecular flexibility index (Phi) is 4.30. The van der Waals surface area contributed by atoms with E-state index in [0.717, 1.165) is 12.1 Å². The van der Waals surface area contributed by atoms with E-state index in [-0.39, 0.29) is 11.4 Å². The van der Waals surface area contributed by atoms with Crippen LogP contribution in [0.5, 0.6) is 0 Å². The topological polar surface area (TPSA) is 62.2 Å². The van der Waals surface area contributed by atoms with Crippen molar-refractivity contribution in [3.8, 4) is 0 Å². The van der Waals surface area contributed by atoms with Gasteiger partial charge in [0.1, 0.15) is 11.5 Å². The molecule has 0 bridgehead atoms. The molecule has 7 heteroatoms. The van der Waals surface area contributed by atoms with E-state index >= 15 is 0 Å². The number of carboxylic acids is 1. The summed E-state index contributed by atoms with van der Waals surface area (Å²) < 4.78 is 37.4. The van der Waals surface area contributed by atoms with Crippen molar-refractivity contribution >= 4 is 17.9 Å². The minimum atomic E-state index is -4.53. The first-order valence-electron chi connectivity index (χ1n) is 5.07. The second-order valence-electron chi connectivity index (χ2n) is 3.33. The number of carboxylic acid groups (broad SMARTS) is 1. The lowest BCUT2D eigenvalue weighted by Gasteiger charge is -2.11. The molecule has 0 aliphatic heterocycles. The monoisotopic (exact) mass is 260 g/mol. The number of nitrogens with zero attached hydrogens (tertiary/aromatic N) is 1. The lowest BCUT2D eigenvalue weighted by molar-refractivity contribution is -0.141. The van der Waals surface area contributed by atoms with Crippen molar-refractivity contribution in [2.24, 2.45) is 0 Å². The summed E-state index contributed by atoms with van der Waals surface area (Å²) in [5.74, 6) is -1.18. The molecule has 18 heavy (non-hydrogen) atoms. The maximum atomic E-state index is 12.5. The minimum absolute atomic E-state index is 0.00447. The van der Waals surface area contributed by atoms with Gasteiger partial charge in [0.05, 0.1) is 0 Å². The van der Waals surface area contributed by atoms with Crippen molar-refractivity contribution in [1.29, 1.82) is 0 Å². The summed E-state index contributed by atoms with van der Waals surface area (Å²) in [4.78, 5) is 13.8. The third-order valence-corrected chi connectivity index (χ3v) is 1.97. The molecule has 0 saturated heterocycles. The summed E-state index contributed by atoms with van der Waals surface area (Å²) in [6.45, 7) is 2.08. The largest absolute Gasteiger partial charge is 0.478 e. The number of carbonyl (C=O) groups is 1. The number of hydrogen-bond acceptors (Lipinski definition) is 3. The molecule has 0 spiro atoms. The zero-order valence-electron chi connectivity index (χ0n) is 9.45. The molecule has 0 unspecified atom stereocenters. The molecule has 0 aromatic carbocycles. The highest BCUT2D eigenvalue weighted by molar-refractivity contribution is 5.86. The van der Waals surface area contributed by atoms with Gasteiger partial charge in [0.25, 0.3) is 0 Å². The Labute approximate surface area is 101 Å². The standard InChI is InChI=1S/C11H11F3N2O2/c1-2-15-10-7(4-6-9(17)18)3-5-8(16-10)11(12,13)14/h3-6H,2H2,1H3,(H,15,16)(H,17,18). The number of halogens is 3. The molecule has 0 amide bonds. The van der Waals surface area contributed by atoms with Crippen molar-refractivity contribution in [2.45, 2.75) is 13.1 Å². The number of alkyl halides is 3. The third kappa shape index (κ3) is 3.76. The quantitative estimate of drug-likeness (QED) is 0.817. The molecular weight excluding hydrogens is 249 g/mol. The van der Waals surface area contributed by atoms with Gasteiger partial charge in [0.2, 0.25) is 0 Å². The summed E-state index contributed by atoms with van der Waals surface area (Å²) in [5, 5.41) is 11.1. The van der Waals surface area contributed by atoms with Gasteiger partial charge in [-0.1, -0.05) is 0 Å². The van der Waals surface area contributed by atoms with Crippen LogP contribution in [0.4, 0.5) is 19.0 Å². The average molecular weight is 260 g/mol. The van der Waals surface area contributed by atoms with Gasteiger partial charge in [0.15, 0.2) is 0 Å². The van der Waals surface area contributed by atoms with Gasteiger partial charge in [0, 0.05) is 18.2 Å². The summed E-state index contributed by atoms with van der Waals surface area (Å²) in [7, 11) is 0. The van der Waals surface area contributed by atoms with E-state index in [1.54, 1.807) is 6.92 Å². The van der Waals surface area contributed by atoms with Crippen LogP contribution in [0.1, 0.15) is 18.2 Å². The molecule has 1 heterocycles. The van der Waals surface area contributed by atoms with E-state index in [9.17, 15) is 18.0 Å². The Bertz CT molecular complexity index is 470. The number of aromatic nitrogens is 1. The van der Waals surface area contributed by atoms with Crippen LogP contribution in [0.3, 0.4) is 0 Å². The second-order valence-corrected chi connectivity index (χ2v) is 3.33. The van der Waals surface area contributed by atoms with Crippen molar-refractivity contribution in [3.05, 3.63) is 29.5 Å². The van der Waals surface area contributed by atoms with E-state index in [4.69, 9.17) is 5.11 Å². The van der Waals surface area contributed by atoms with E-state index < -0.39 is 17.8 Å². The maximum absolute atomic E-state index is 12.5. The molecule has 1 aromatic rings. The SMILES string of the molecule is CCNc1nc(C(F)(F)F)ccc1C=CC(=O)O. The smallest absolute Gasteiger partial charge is 0.433 e. The Morgan fingerprint density at radius 1 is 1.50 bits per heavy atom. The third-order valence-electron chi connectivity index (χ3n) is 1.97. The predicted molar refractivity (Wildman–Crippen MR) is 60.1 cm³/mol. The van der Waals surface area contributed by atoms with Crippen molar-refractivity contribution in [3.63, 3.8) is 0 Å². The van der Waals surface area contributed by atoms with Gasteiger partial charge in [-0.05, 0) is 25.1 Å². The number of hydrogen-bond donors (Lipinski definition) is 2. The molecule has 0 radical (unpaired) electrons. The van der Waals surface area contributed by atoms with Crippen LogP contribution < -0.4 is 5.32 Å². The van der Waals surface area contributed by atoms with Crippen LogP contribution in [-0.4, -0.2) is 22.6 Å². The van der Waals surface area contributed by atoms with Gasteiger partial charge in [-0.3, -0.25) is 0 Å². The zero-order valence-corrected chi connectivity index (χ0v) is 9.45. The van der Waals surface area contributed by atoms with Crippen LogP contribution in [0, 0.1) is 0 Å². The fourth-order valence-electron chi connectivity index (χ4n) is 1.23. The Hall–Kier alpha value is -2.05. The average Bonchev–Trinajstić information content (AvgIpc) is 2.26. The van der Waals surface area contributed by atoms with E-state index in [0.29, 0.717) is 6.54 Å². The molecule has 0 saturated carbocycles. The van der Waals surface area contributed by atoms with Gasteiger partial charge >= 0.3 is 12.1 Å². The van der Waals surface area contributed by atoms with Crippen molar-refractivity contribution < 1.29 is 23.1 Å². The lowest BCUT2D eigenvalue weighted by Crippen LogP contribution is -2.11. The molecule has 98 valence electrons. The lowest BCUT2D eigenvalue weighted by atomic mass is 10.2. The summed E-state index contributed by atoms with van der Waals surface area (Å²) in [6, 6.07) is 1.98. The minimum Gasteiger partial charge on any atom is -0.478 e. The van der Waals surface area contributed by atoms with Gasteiger partial charge < -0.3 is 10.4 Å². The first-order chi connectivity index (χ1) is 8.34. The summed E-state index contributed by atoms with van der Waals surface area (Å²) >= 11 is 0. The van der Waals surface area contributed by atoms with Crippen LogP contribution >= 0.6 is 0 Å². The molecule has 2 N–H and O–H groups in total. The van der Waals surface area contributed by atoms with E-state index in [1.807, 2.05) is 0 Å². The summed E-state index contributed by atoms with van der Waals surface area (Å²) in [5.41, 5.74) is -0.738. The fourth-order valence-corrected chi connectivity index (χ4v) is 1.23. The van der Waals surface area contributed by atoms with Gasteiger partial charge in [-0.15, -0.1) is 0 Å². The molecule has 0 atom stereocenters. The van der Waals surface area contributed by atoms with Crippen LogP contribution in [0.2, 0.25) is 0 Å². The molecule has 1 aromatic heterocycles. The Balaban J connectivity index is 3.16. The number of pyridine rings is 1. The normalized spacial score (nSPS) is 11.8. The van der Waals surface area contributed by atoms with Crippen LogP contribution in [0.15, 0.2) is 18.2 Å². The summed E-state index contributed by atoms with van der Waals surface area (Å²) in [6.07, 6.45) is -2.50. The maximum Gasteiger partial charge on any atom is 0.433 e. The fraction of sp³-hybridized carbons (Fsp3) is 0.273. The number of aliphatic carboxylic acids is 1.